The molecule has 1 rings (SSSR count). The Labute approximate surface area is 81.1 Å². The van der Waals surface area contributed by atoms with Crippen LogP contribution in [0.5, 0.6) is 0 Å². The van der Waals surface area contributed by atoms with Gasteiger partial charge in [0.15, 0.2) is 6.10 Å². The SMILES string of the molecule is CC1OC=CC(OC(=O)CCl)C1O. The highest BCUT2D eigenvalue weighted by molar-refractivity contribution is 6.26. The zero-order valence-corrected chi connectivity index (χ0v) is 7.90. The molecule has 1 aliphatic heterocycles. The molecule has 0 aromatic heterocycles. The summed E-state index contributed by atoms with van der Waals surface area (Å²) < 4.78 is 9.82. The van der Waals surface area contributed by atoms with Gasteiger partial charge in [0.1, 0.15) is 18.1 Å². The first-order valence-corrected chi connectivity index (χ1v) is 4.44. The monoisotopic (exact) mass is 206 g/mol. The van der Waals surface area contributed by atoms with Crippen molar-refractivity contribution in [2.24, 2.45) is 0 Å². The molecule has 0 saturated heterocycles. The highest BCUT2D eigenvalue weighted by Gasteiger charge is 2.29. The maximum Gasteiger partial charge on any atom is 0.321 e. The zero-order valence-electron chi connectivity index (χ0n) is 7.14. The van der Waals surface area contributed by atoms with E-state index in [1.54, 1.807) is 6.92 Å². The Morgan fingerprint density at radius 2 is 2.46 bits per heavy atom. The normalized spacial score (nSPS) is 32.4. The second kappa shape index (κ2) is 4.48. The van der Waals surface area contributed by atoms with E-state index < -0.39 is 18.2 Å². The van der Waals surface area contributed by atoms with Crippen LogP contribution in [0.4, 0.5) is 0 Å². The van der Waals surface area contributed by atoms with E-state index in [4.69, 9.17) is 21.1 Å². The third-order valence-corrected chi connectivity index (χ3v) is 1.97. The molecule has 0 amide bonds. The van der Waals surface area contributed by atoms with Gasteiger partial charge < -0.3 is 14.6 Å². The Hall–Kier alpha value is -0.740. The van der Waals surface area contributed by atoms with Crippen LogP contribution >= 0.6 is 11.6 Å². The predicted octanol–water partition coefficient (Wildman–Crippen LogP) is 0.430. The number of ether oxygens (including phenoxy) is 2. The Bertz CT molecular complexity index is 216. The molecule has 74 valence electrons. The highest BCUT2D eigenvalue weighted by Crippen LogP contribution is 2.14. The Kier molecular flexibility index (Phi) is 3.57. The largest absolute Gasteiger partial charge is 0.496 e. The van der Waals surface area contributed by atoms with Crippen molar-refractivity contribution < 1.29 is 19.4 Å². The van der Waals surface area contributed by atoms with Crippen LogP contribution in [0.1, 0.15) is 6.92 Å². The van der Waals surface area contributed by atoms with Crippen LogP contribution in [0.3, 0.4) is 0 Å². The minimum absolute atomic E-state index is 0.216. The summed E-state index contributed by atoms with van der Waals surface area (Å²) in [7, 11) is 0. The van der Waals surface area contributed by atoms with Crippen LogP contribution < -0.4 is 0 Å². The molecule has 0 fully saturated rings. The molecule has 0 aromatic carbocycles. The third kappa shape index (κ3) is 2.60. The number of aliphatic hydroxyl groups excluding tert-OH is 1. The maximum atomic E-state index is 10.8. The van der Waals surface area contributed by atoms with Crippen molar-refractivity contribution in [2.45, 2.75) is 25.2 Å². The first-order chi connectivity index (χ1) is 6.15. The van der Waals surface area contributed by atoms with Gasteiger partial charge in [-0.15, -0.1) is 11.6 Å². The van der Waals surface area contributed by atoms with Crippen molar-refractivity contribution in [3.8, 4) is 0 Å². The molecule has 0 spiro atoms. The summed E-state index contributed by atoms with van der Waals surface area (Å²) in [6.07, 6.45) is 1.02. The molecule has 13 heavy (non-hydrogen) atoms. The molecule has 5 heteroatoms. The van der Waals surface area contributed by atoms with Crippen molar-refractivity contribution in [3.05, 3.63) is 12.3 Å². The average Bonchev–Trinajstić information content (AvgIpc) is 2.13. The minimum Gasteiger partial charge on any atom is -0.496 e. The number of rotatable bonds is 2. The van der Waals surface area contributed by atoms with E-state index in [9.17, 15) is 9.90 Å². The number of hydrogen-bond donors (Lipinski definition) is 1. The lowest BCUT2D eigenvalue weighted by Crippen LogP contribution is -2.41. The summed E-state index contributed by atoms with van der Waals surface area (Å²) in [5, 5.41) is 9.49. The van der Waals surface area contributed by atoms with E-state index in [2.05, 4.69) is 0 Å². The molecule has 3 unspecified atom stereocenters. The van der Waals surface area contributed by atoms with E-state index in [-0.39, 0.29) is 12.0 Å². The van der Waals surface area contributed by atoms with Gasteiger partial charge >= 0.3 is 5.97 Å². The number of esters is 1. The fraction of sp³-hybridized carbons (Fsp3) is 0.625. The lowest BCUT2D eigenvalue weighted by molar-refractivity contribution is -0.154. The number of hydrogen-bond acceptors (Lipinski definition) is 4. The molecule has 1 N–H and O–H groups in total. The Balaban J connectivity index is 2.53. The molecular weight excluding hydrogens is 196 g/mol. The van der Waals surface area contributed by atoms with Crippen molar-refractivity contribution in [1.29, 1.82) is 0 Å². The maximum absolute atomic E-state index is 10.8. The van der Waals surface area contributed by atoms with Gasteiger partial charge in [-0.25, -0.2) is 0 Å². The molecular formula is C8H11ClO4. The summed E-state index contributed by atoms with van der Waals surface area (Å²) in [5.41, 5.74) is 0. The van der Waals surface area contributed by atoms with Gasteiger partial charge in [0.2, 0.25) is 0 Å². The van der Waals surface area contributed by atoms with Crippen molar-refractivity contribution in [2.75, 3.05) is 5.88 Å². The molecule has 1 heterocycles. The lowest BCUT2D eigenvalue weighted by atomic mass is 10.1. The lowest BCUT2D eigenvalue weighted by Gasteiger charge is -2.28. The number of carbonyl (C=O) groups excluding carboxylic acids is 1. The van der Waals surface area contributed by atoms with Crippen molar-refractivity contribution in [3.63, 3.8) is 0 Å². The fourth-order valence-electron chi connectivity index (χ4n) is 1.00. The predicted molar refractivity (Wildman–Crippen MR) is 46.3 cm³/mol. The molecule has 0 aliphatic carbocycles. The number of halogens is 1. The zero-order chi connectivity index (χ0) is 9.84. The first kappa shape index (κ1) is 10.3. The minimum atomic E-state index is -0.836. The quantitative estimate of drug-likeness (QED) is 0.526. The molecule has 0 radical (unpaired) electrons. The van der Waals surface area contributed by atoms with Gasteiger partial charge in [-0.1, -0.05) is 0 Å². The summed E-state index contributed by atoms with van der Waals surface area (Å²) >= 11 is 5.24. The van der Waals surface area contributed by atoms with E-state index in [1.165, 1.54) is 12.3 Å². The fourth-order valence-corrected chi connectivity index (χ4v) is 1.06. The van der Waals surface area contributed by atoms with Gasteiger partial charge in [-0.05, 0) is 13.0 Å². The van der Waals surface area contributed by atoms with Gasteiger partial charge in [0, 0.05) is 0 Å². The average molecular weight is 207 g/mol. The summed E-state index contributed by atoms with van der Waals surface area (Å²) in [6.45, 7) is 1.69. The van der Waals surface area contributed by atoms with Crippen LogP contribution in [0, 0.1) is 0 Å². The topological polar surface area (TPSA) is 55.8 Å². The molecule has 0 saturated carbocycles. The molecule has 4 nitrogen and oxygen atoms in total. The van der Waals surface area contributed by atoms with Gasteiger partial charge in [0.05, 0.1) is 6.26 Å². The Morgan fingerprint density at radius 3 is 3.08 bits per heavy atom. The molecule has 1 aliphatic rings. The molecule has 0 aromatic rings. The van der Waals surface area contributed by atoms with Crippen LogP contribution in [-0.2, 0) is 14.3 Å². The molecule has 0 bridgehead atoms. The number of alkyl halides is 1. The standard InChI is InChI=1S/C8H11ClO4/c1-5-8(11)6(2-3-12-5)13-7(10)4-9/h2-3,5-6,8,11H,4H2,1H3. The summed E-state index contributed by atoms with van der Waals surface area (Å²) in [4.78, 5) is 10.8. The van der Waals surface area contributed by atoms with Crippen LogP contribution in [0.15, 0.2) is 12.3 Å². The smallest absolute Gasteiger partial charge is 0.321 e. The number of carbonyl (C=O) groups is 1. The Morgan fingerprint density at radius 1 is 1.77 bits per heavy atom. The second-order valence-electron chi connectivity index (χ2n) is 2.75. The van der Waals surface area contributed by atoms with Gasteiger partial charge in [0.25, 0.3) is 0 Å². The van der Waals surface area contributed by atoms with Crippen molar-refractivity contribution >= 4 is 17.6 Å². The van der Waals surface area contributed by atoms with Crippen molar-refractivity contribution in [1.82, 2.24) is 0 Å². The third-order valence-electron chi connectivity index (χ3n) is 1.76. The second-order valence-corrected chi connectivity index (χ2v) is 3.02. The van der Waals surface area contributed by atoms with E-state index in [0.717, 1.165) is 0 Å². The van der Waals surface area contributed by atoms with Gasteiger partial charge in [-0.3, -0.25) is 4.79 Å². The van der Waals surface area contributed by atoms with E-state index >= 15 is 0 Å². The number of aliphatic hydroxyl groups is 1. The molecule has 3 atom stereocenters. The summed E-state index contributed by atoms with van der Waals surface area (Å²) in [5.74, 6) is -0.767. The van der Waals surface area contributed by atoms with Crippen LogP contribution in [-0.4, -0.2) is 35.3 Å². The summed E-state index contributed by atoms with van der Waals surface area (Å²) in [6, 6.07) is 0. The highest BCUT2D eigenvalue weighted by atomic mass is 35.5. The first-order valence-electron chi connectivity index (χ1n) is 3.91. The van der Waals surface area contributed by atoms with E-state index in [1.807, 2.05) is 0 Å². The van der Waals surface area contributed by atoms with Crippen LogP contribution in [0.25, 0.3) is 0 Å². The van der Waals surface area contributed by atoms with Gasteiger partial charge in [-0.2, -0.15) is 0 Å². The van der Waals surface area contributed by atoms with Crippen LogP contribution in [0.2, 0.25) is 0 Å². The van der Waals surface area contributed by atoms with E-state index in [0.29, 0.717) is 0 Å².